The van der Waals surface area contributed by atoms with Crippen LogP contribution in [0.4, 0.5) is 0 Å². The minimum absolute atomic E-state index is 0.282. The number of aromatic hydroxyl groups is 1. The molecule has 0 radical (unpaired) electrons. The summed E-state index contributed by atoms with van der Waals surface area (Å²) >= 11 is 0. The first-order valence-corrected chi connectivity index (χ1v) is 12.9. The summed E-state index contributed by atoms with van der Waals surface area (Å²) in [5.41, 5.74) is 9.93. The first kappa shape index (κ1) is 21.1. The maximum Gasteiger partial charge on any atom is 0.116 e. The van der Waals surface area contributed by atoms with Crippen LogP contribution in [0.3, 0.4) is 0 Å². The summed E-state index contributed by atoms with van der Waals surface area (Å²) < 4.78 is 0. The van der Waals surface area contributed by atoms with Crippen LogP contribution < -0.4 is 0 Å². The van der Waals surface area contributed by atoms with Gasteiger partial charge < -0.3 is 5.11 Å². The van der Waals surface area contributed by atoms with Crippen LogP contribution in [-0.4, -0.2) is 11.3 Å². The smallest absolute Gasteiger partial charge is 0.116 e. The quantitative estimate of drug-likeness (QED) is 0.262. The Balaban J connectivity index is 1.57. The molecule has 2 heteroatoms. The van der Waals surface area contributed by atoms with Gasteiger partial charge in [-0.3, -0.25) is 4.99 Å². The van der Waals surface area contributed by atoms with Crippen LogP contribution in [0.2, 0.25) is 0 Å². The second-order valence-corrected chi connectivity index (χ2v) is 9.94. The van der Waals surface area contributed by atoms with Gasteiger partial charge in [0, 0.05) is 24.4 Å². The summed E-state index contributed by atoms with van der Waals surface area (Å²) in [4.78, 5) is 4.62. The van der Waals surface area contributed by atoms with Gasteiger partial charge in [-0.05, 0) is 104 Å². The van der Waals surface area contributed by atoms with E-state index >= 15 is 0 Å². The van der Waals surface area contributed by atoms with Crippen LogP contribution >= 0.6 is 0 Å². The average Bonchev–Trinajstić information content (AvgIpc) is 3.14. The fourth-order valence-corrected chi connectivity index (χ4v) is 6.18. The molecule has 1 aliphatic heterocycles. The average molecular weight is 466 g/mol. The maximum absolute atomic E-state index is 10.4. The molecule has 5 aromatic carbocycles. The molecule has 2 aliphatic rings. The van der Waals surface area contributed by atoms with E-state index in [9.17, 15) is 5.11 Å². The molecule has 0 bridgehead atoms. The molecule has 174 valence electrons. The molecule has 0 fully saturated rings. The van der Waals surface area contributed by atoms with Crippen LogP contribution in [0.1, 0.15) is 40.7 Å². The lowest BCUT2D eigenvalue weighted by molar-refractivity contribution is 0.475. The van der Waals surface area contributed by atoms with Crippen LogP contribution in [0.15, 0.2) is 96.1 Å². The standard InChI is InChI=1S/C34H27NO/c36-25-15-13-23-17-18-35-21-33(31(23)20-25)29-12-6-5-11-28(29)32-19-24-8-2-3-9-26(24)30-16-14-22-7-1-4-10-27(22)34(30)32/h2-3,5-6,8-9,11-16,18-21,36H,1,4,7,10,17H2. The first-order valence-electron chi connectivity index (χ1n) is 12.9. The Labute approximate surface area is 211 Å². The highest BCUT2D eigenvalue weighted by molar-refractivity contribution is 6.16. The second-order valence-electron chi connectivity index (χ2n) is 9.94. The molecule has 0 unspecified atom stereocenters. The highest BCUT2D eigenvalue weighted by Crippen LogP contribution is 2.43. The lowest BCUT2D eigenvalue weighted by Crippen LogP contribution is -2.04. The molecule has 1 N–H and O–H groups in total. The Morgan fingerprint density at radius 2 is 1.44 bits per heavy atom. The van der Waals surface area contributed by atoms with Gasteiger partial charge in [0.1, 0.15) is 5.75 Å². The number of fused-ring (bicyclic) bond motifs is 6. The first-order chi connectivity index (χ1) is 17.8. The number of phenols is 1. The van der Waals surface area contributed by atoms with Crippen molar-refractivity contribution < 1.29 is 5.11 Å². The van der Waals surface area contributed by atoms with E-state index in [0.29, 0.717) is 0 Å². The largest absolute Gasteiger partial charge is 0.508 e. The number of aliphatic imine (C=N–C) groups is 1. The molecule has 1 heterocycles. The zero-order chi connectivity index (χ0) is 24.1. The van der Waals surface area contributed by atoms with Crippen molar-refractivity contribution in [3.05, 3.63) is 119 Å². The molecular weight excluding hydrogens is 438 g/mol. The van der Waals surface area contributed by atoms with Crippen molar-refractivity contribution in [3.8, 4) is 16.9 Å². The van der Waals surface area contributed by atoms with E-state index < -0.39 is 0 Å². The summed E-state index contributed by atoms with van der Waals surface area (Å²) in [7, 11) is 0. The molecule has 0 saturated heterocycles. The highest BCUT2D eigenvalue weighted by Gasteiger charge is 2.21. The summed E-state index contributed by atoms with van der Waals surface area (Å²) in [6.45, 7) is 0. The van der Waals surface area contributed by atoms with Gasteiger partial charge in [0.2, 0.25) is 0 Å². The van der Waals surface area contributed by atoms with Crippen LogP contribution in [0, 0.1) is 0 Å². The number of aryl methyl sites for hydroxylation is 2. The normalized spacial score (nSPS) is 14.8. The minimum atomic E-state index is 0.282. The summed E-state index contributed by atoms with van der Waals surface area (Å²) in [5, 5.41) is 15.7. The van der Waals surface area contributed by atoms with Gasteiger partial charge in [-0.25, -0.2) is 0 Å². The third-order valence-corrected chi connectivity index (χ3v) is 7.86. The SMILES string of the molecule is Oc1ccc2c(c1)C(c1ccccc1-c1cc3ccccc3c3ccc4c(c13)CCCC4)=CN=CC2. The van der Waals surface area contributed by atoms with Crippen molar-refractivity contribution in [2.45, 2.75) is 32.1 Å². The molecule has 5 aromatic rings. The van der Waals surface area contributed by atoms with E-state index in [4.69, 9.17) is 0 Å². The number of hydrogen-bond acceptors (Lipinski definition) is 2. The Hall–Kier alpha value is -4.17. The van der Waals surface area contributed by atoms with Crippen molar-refractivity contribution in [1.29, 1.82) is 0 Å². The molecule has 0 atom stereocenters. The third-order valence-electron chi connectivity index (χ3n) is 7.86. The topological polar surface area (TPSA) is 32.6 Å². The van der Waals surface area contributed by atoms with Crippen molar-refractivity contribution in [1.82, 2.24) is 0 Å². The number of benzene rings is 5. The Bertz CT molecular complexity index is 1720. The zero-order valence-corrected chi connectivity index (χ0v) is 20.2. The molecule has 0 aromatic heterocycles. The molecule has 0 amide bonds. The third kappa shape index (κ3) is 3.37. The number of rotatable bonds is 2. The lowest BCUT2D eigenvalue weighted by atomic mass is 9.81. The second kappa shape index (κ2) is 8.49. The monoisotopic (exact) mass is 465 g/mol. The van der Waals surface area contributed by atoms with E-state index in [-0.39, 0.29) is 5.75 Å². The van der Waals surface area contributed by atoms with Gasteiger partial charge in [-0.15, -0.1) is 0 Å². The van der Waals surface area contributed by atoms with E-state index in [2.05, 4.69) is 71.7 Å². The fraction of sp³-hybridized carbons (Fsp3) is 0.147. The Kier molecular flexibility index (Phi) is 4.99. The lowest BCUT2D eigenvalue weighted by Gasteiger charge is -2.23. The molecular formula is C34H27NO. The van der Waals surface area contributed by atoms with Crippen LogP contribution in [-0.2, 0) is 19.3 Å². The number of phenolic OH excluding ortho intramolecular Hbond substituents is 1. The summed E-state index contributed by atoms with van der Waals surface area (Å²) in [6.07, 6.45) is 9.46. The fourth-order valence-electron chi connectivity index (χ4n) is 6.18. The predicted octanol–water partition coefficient (Wildman–Crippen LogP) is 8.26. The number of hydrogen-bond donors (Lipinski definition) is 1. The molecule has 0 saturated carbocycles. The van der Waals surface area contributed by atoms with Crippen molar-refractivity contribution >= 4 is 33.3 Å². The van der Waals surface area contributed by atoms with Gasteiger partial charge in [0.05, 0.1) is 0 Å². The Morgan fingerprint density at radius 1 is 0.639 bits per heavy atom. The van der Waals surface area contributed by atoms with E-state index in [1.54, 1.807) is 6.07 Å². The minimum Gasteiger partial charge on any atom is -0.508 e. The zero-order valence-electron chi connectivity index (χ0n) is 20.2. The van der Waals surface area contributed by atoms with Crippen LogP contribution in [0.5, 0.6) is 5.75 Å². The molecule has 7 rings (SSSR count). The van der Waals surface area contributed by atoms with Gasteiger partial charge in [-0.1, -0.05) is 66.7 Å². The molecule has 0 spiro atoms. The van der Waals surface area contributed by atoms with E-state index in [1.165, 1.54) is 62.2 Å². The van der Waals surface area contributed by atoms with Crippen LogP contribution in [0.25, 0.3) is 38.2 Å². The van der Waals surface area contributed by atoms with Gasteiger partial charge in [0.25, 0.3) is 0 Å². The van der Waals surface area contributed by atoms with Gasteiger partial charge >= 0.3 is 0 Å². The molecule has 2 nitrogen and oxygen atoms in total. The van der Waals surface area contributed by atoms with E-state index in [1.807, 2.05) is 24.5 Å². The van der Waals surface area contributed by atoms with E-state index in [0.717, 1.165) is 36.0 Å². The molecule has 36 heavy (non-hydrogen) atoms. The van der Waals surface area contributed by atoms with Gasteiger partial charge in [0.15, 0.2) is 0 Å². The Morgan fingerprint density at radius 3 is 2.39 bits per heavy atom. The molecule has 1 aliphatic carbocycles. The van der Waals surface area contributed by atoms with Gasteiger partial charge in [-0.2, -0.15) is 0 Å². The summed E-state index contributed by atoms with van der Waals surface area (Å²) in [5.74, 6) is 0.282. The highest BCUT2D eigenvalue weighted by atomic mass is 16.3. The maximum atomic E-state index is 10.4. The van der Waals surface area contributed by atoms with Crippen molar-refractivity contribution in [2.75, 3.05) is 0 Å². The predicted molar refractivity (Wildman–Crippen MR) is 151 cm³/mol. The number of nitrogens with zero attached hydrogens (tertiary/aromatic N) is 1. The summed E-state index contributed by atoms with van der Waals surface area (Å²) in [6, 6.07) is 30.2. The van der Waals surface area contributed by atoms with Crippen molar-refractivity contribution in [3.63, 3.8) is 0 Å². The van der Waals surface area contributed by atoms with Crippen molar-refractivity contribution in [2.24, 2.45) is 4.99 Å².